The van der Waals surface area contributed by atoms with Gasteiger partial charge in [0.05, 0.1) is 11.7 Å². The number of hydrogen-bond acceptors (Lipinski definition) is 4. The highest BCUT2D eigenvalue weighted by molar-refractivity contribution is 7.58. The highest BCUT2D eigenvalue weighted by atomic mass is 31.2. The molecular weight excluding hydrogens is 427 g/mol. The average molecular weight is 461 g/mol. The van der Waals surface area contributed by atoms with Crippen LogP contribution in [-0.4, -0.2) is 39.9 Å². The Morgan fingerprint density at radius 2 is 1.47 bits per heavy atom. The first-order chi connectivity index (χ1) is 15.1. The quantitative estimate of drug-likeness (QED) is 0.360. The summed E-state index contributed by atoms with van der Waals surface area (Å²) < 4.78 is 13.0. The van der Waals surface area contributed by atoms with Crippen molar-refractivity contribution < 1.29 is 24.2 Å². The van der Waals surface area contributed by atoms with E-state index in [9.17, 15) is 24.2 Å². The van der Waals surface area contributed by atoms with E-state index in [0.717, 1.165) is 11.1 Å². The van der Waals surface area contributed by atoms with Crippen LogP contribution in [-0.2, 0) is 27.0 Å². The Hall–Kier alpha value is -2.47. The highest BCUT2D eigenvalue weighted by Crippen LogP contribution is 2.48. The van der Waals surface area contributed by atoms with Crippen molar-refractivity contribution in [2.75, 3.05) is 6.16 Å². The van der Waals surface area contributed by atoms with Gasteiger partial charge in [-0.25, -0.2) is 4.79 Å². The number of carboxylic acid groups (broad SMARTS) is 1. The third-order valence-corrected chi connectivity index (χ3v) is 7.52. The molecule has 2 aromatic carbocycles. The van der Waals surface area contributed by atoms with E-state index in [1.807, 2.05) is 50.2 Å². The lowest BCUT2D eigenvalue weighted by Crippen LogP contribution is -2.46. The van der Waals surface area contributed by atoms with Crippen LogP contribution in [0.15, 0.2) is 60.7 Å². The van der Waals surface area contributed by atoms with E-state index in [-0.39, 0.29) is 24.9 Å². The predicted octanol–water partition coefficient (Wildman–Crippen LogP) is 3.26. The summed E-state index contributed by atoms with van der Waals surface area (Å²) in [7, 11) is -3.85. The zero-order valence-electron chi connectivity index (χ0n) is 18.6. The van der Waals surface area contributed by atoms with Gasteiger partial charge in [-0.1, -0.05) is 74.5 Å². The monoisotopic (exact) mass is 460 g/mol. The predicted molar refractivity (Wildman–Crippen MR) is 125 cm³/mol. The number of amides is 1. The number of nitrogens with one attached hydrogen (secondary N) is 1. The van der Waals surface area contributed by atoms with Gasteiger partial charge >= 0.3 is 5.97 Å². The largest absolute Gasteiger partial charge is 0.480 e. The van der Waals surface area contributed by atoms with Crippen LogP contribution in [0.25, 0.3) is 0 Å². The molecule has 0 spiro atoms. The van der Waals surface area contributed by atoms with Crippen molar-refractivity contribution in [3.8, 4) is 0 Å². The van der Waals surface area contributed by atoms with Crippen molar-refractivity contribution in [3.63, 3.8) is 0 Å². The Bertz CT molecular complexity index is 921. The standard InChI is InChI=1S/C24H33N2O5P/c1-17(2)13-22(25)32(30,31)16-20(14-18-9-5-3-6-10-18)23(27)26-21(24(28)29)15-19-11-7-4-8-12-19/h3-12,17,20-22H,13-16,25H2,1-2H3,(H,26,27)(H,28,29)(H,30,31)/t20?,21-,22?/m0/s1. The molecule has 0 heterocycles. The van der Waals surface area contributed by atoms with Crippen molar-refractivity contribution >= 4 is 19.2 Å². The van der Waals surface area contributed by atoms with Crippen LogP contribution in [0.2, 0.25) is 0 Å². The molecule has 0 aliphatic heterocycles. The summed E-state index contributed by atoms with van der Waals surface area (Å²) >= 11 is 0. The molecule has 7 nitrogen and oxygen atoms in total. The third kappa shape index (κ3) is 8.23. The maximum Gasteiger partial charge on any atom is 0.326 e. The van der Waals surface area contributed by atoms with Gasteiger partial charge in [-0.3, -0.25) is 9.36 Å². The number of nitrogens with two attached hydrogens (primary N) is 1. The van der Waals surface area contributed by atoms with E-state index >= 15 is 0 Å². The second-order valence-electron chi connectivity index (χ2n) is 8.61. The van der Waals surface area contributed by atoms with Crippen LogP contribution in [0.1, 0.15) is 31.4 Å². The number of carbonyl (C=O) groups excluding carboxylic acids is 1. The smallest absolute Gasteiger partial charge is 0.326 e. The van der Waals surface area contributed by atoms with E-state index in [1.165, 1.54) is 0 Å². The van der Waals surface area contributed by atoms with Crippen LogP contribution in [0.4, 0.5) is 0 Å². The van der Waals surface area contributed by atoms with Gasteiger partial charge in [0, 0.05) is 12.6 Å². The lowest BCUT2D eigenvalue weighted by molar-refractivity contribution is -0.142. The van der Waals surface area contributed by atoms with E-state index in [2.05, 4.69) is 5.32 Å². The van der Waals surface area contributed by atoms with E-state index in [1.54, 1.807) is 24.3 Å². The van der Waals surface area contributed by atoms with Gasteiger partial charge in [0.2, 0.25) is 13.3 Å². The molecule has 3 unspecified atom stereocenters. The SMILES string of the molecule is CC(C)CC(N)P(=O)(O)CC(Cc1ccccc1)C(=O)N[C@@H](Cc1ccccc1)C(=O)O. The van der Waals surface area contributed by atoms with E-state index in [4.69, 9.17) is 5.73 Å². The van der Waals surface area contributed by atoms with Gasteiger partial charge in [-0.05, 0) is 29.9 Å². The molecule has 0 aromatic heterocycles. The number of rotatable bonds is 12. The van der Waals surface area contributed by atoms with Gasteiger partial charge in [-0.15, -0.1) is 0 Å². The van der Waals surface area contributed by atoms with Gasteiger partial charge in [0.15, 0.2) is 0 Å². The van der Waals surface area contributed by atoms with Crippen LogP contribution >= 0.6 is 7.37 Å². The van der Waals surface area contributed by atoms with Crippen LogP contribution in [0, 0.1) is 11.8 Å². The Morgan fingerprint density at radius 1 is 0.969 bits per heavy atom. The van der Waals surface area contributed by atoms with Crippen molar-refractivity contribution in [2.24, 2.45) is 17.6 Å². The van der Waals surface area contributed by atoms with Gasteiger partial charge in [-0.2, -0.15) is 0 Å². The second kappa shape index (κ2) is 12.0. The van der Waals surface area contributed by atoms with Gasteiger partial charge < -0.3 is 21.1 Å². The van der Waals surface area contributed by atoms with Gasteiger partial charge in [0.25, 0.3) is 0 Å². The lowest BCUT2D eigenvalue weighted by Gasteiger charge is -2.26. The number of carboxylic acids is 1. The topological polar surface area (TPSA) is 130 Å². The fourth-order valence-electron chi connectivity index (χ4n) is 3.58. The molecule has 2 aromatic rings. The molecule has 0 fully saturated rings. The minimum absolute atomic E-state index is 0.115. The van der Waals surface area contributed by atoms with Gasteiger partial charge in [0.1, 0.15) is 6.04 Å². The molecule has 1 amide bonds. The van der Waals surface area contributed by atoms with Crippen LogP contribution in [0.5, 0.6) is 0 Å². The highest BCUT2D eigenvalue weighted by Gasteiger charge is 2.35. The molecule has 5 N–H and O–H groups in total. The minimum Gasteiger partial charge on any atom is -0.480 e. The molecule has 0 aliphatic carbocycles. The maximum absolute atomic E-state index is 13.1. The maximum atomic E-state index is 13.1. The van der Waals surface area contributed by atoms with Crippen molar-refractivity contribution in [3.05, 3.63) is 71.8 Å². The molecular formula is C24H33N2O5P. The minimum atomic E-state index is -3.85. The molecule has 0 radical (unpaired) electrons. The fraction of sp³-hybridized carbons (Fsp3) is 0.417. The van der Waals surface area contributed by atoms with Crippen LogP contribution < -0.4 is 11.1 Å². The Labute approximate surface area is 189 Å². The molecule has 0 aliphatic rings. The Morgan fingerprint density at radius 3 is 1.94 bits per heavy atom. The molecule has 0 saturated heterocycles. The van der Waals surface area contributed by atoms with Crippen LogP contribution in [0.3, 0.4) is 0 Å². The summed E-state index contributed by atoms with van der Waals surface area (Å²) in [6, 6.07) is 17.0. The summed E-state index contributed by atoms with van der Waals surface area (Å²) in [6.45, 7) is 3.82. The summed E-state index contributed by atoms with van der Waals surface area (Å²) in [4.78, 5) is 35.6. The van der Waals surface area contributed by atoms with Crippen molar-refractivity contribution in [2.45, 2.75) is 44.9 Å². The molecule has 174 valence electrons. The van der Waals surface area contributed by atoms with Crippen molar-refractivity contribution in [1.82, 2.24) is 5.32 Å². The fourth-order valence-corrected chi connectivity index (χ4v) is 5.53. The Balaban J connectivity index is 2.21. The number of benzene rings is 2. The Kier molecular flexibility index (Phi) is 9.63. The zero-order chi connectivity index (χ0) is 23.7. The molecule has 2 rings (SSSR count). The zero-order valence-corrected chi connectivity index (χ0v) is 19.4. The summed E-state index contributed by atoms with van der Waals surface area (Å²) in [5, 5.41) is 12.2. The van der Waals surface area contributed by atoms with E-state index < -0.39 is 37.0 Å². The van der Waals surface area contributed by atoms with E-state index in [0.29, 0.717) is 6.42 Å². The number of aliphatic carboxylic acids is 1. The summed E-state index contributed by atoms with van der Waals surface area (Å²) in [5.41, 5.74) is 7.60. The van der Waals surface area contributed by atoms with Crippen molar-refractivity contribution in [1.29, 1.82) is 0 Å². The summed E-state index contributed by atoms with van der Waals surface area (Å²) in [6.07, 6.45) is 0.380. The first-order valence-corrected chi connectivity index (χ1v) is 12.7. The summed E-state index contributed by atoms with van der Waals surface area (Å²) in [5.74, 6) is -3.42. The first-order valence-electron chi connectivity index (χ1n) is 10.8. The lowest BCUT2D eigenvalue weighted by atomic mass is 9.99. The average Bonchev–Trinajstić information content (AvgIpc) is 2.73. The molecule has 0 bridgehead atoms. The normalized spacial score (nSPS) is 16.0. The molecule has 8 heteroatoms. The number of hydrogen-bond donors (Lipinski definition) is 4. The molecule has 0 saturated carbocycles. The molecule has 32 heavy (non-hydrogen) atoms. The third-order valence-electron chi connectivity index (χ3n) is 5.31. The first kappa shape index (κ1) is 25.8. The number of carbonyl (C=O) groups is 2. The second-order valence-corrected chi connectivity index (χ2v) is 11.2. The molecule has 4 atom stereocenters.